The number of likely N-dealkylation sites (N-methyl/N-ethyl adjacent to an activating group) is 1. The van der Waals surface area contributed by atoms with E-state index >= 15 is 0 Å². The predicted molar refractivity (Wildman–Crippen MR) is 110 cm³/mol. The van der Waals surface area contributed by atoms with Crippen molar-refractivity contribution in [2.75, 3.05) is 26.7 Å². The number of pyridine rings is 1. The normalized spacial score (nSPS) is 17.2. The Bertz CT molecular complexity index is 880. The fraction of sp³-hybridized carbons (Fsp3) is 0.524. The summed E-state index contributed by atoms with van der Waals surface area (Å²) in [5.74, 6) is 0.614. The van der Waals surface area contributed by atoms with E-state index in [1.165, 1.54) is 6.07 Å². The van der Waals surface area contributed by atoms with Gasteiger partial charge in [-0.25, -0.2) is 4.79 Å². The summed E-state index contributed by atoms with van der Waals surface area (Å²) < 4.78 is 0. The van der Waals surface area contributed by atoms with Crippen LogP contribution in [0.1, 0.15) is 37.1 Å². The summed E-state index contributed by atoms with van der Waals surface area (Å²) in [4.78, 5) is 48.6. The van der Waals surface area contributed by atoms with E-state index in [2.05, 4.69) is 19.9 Å². The third-order valence-corrected chi connectivity index (χ3v) is 5.43. The molecule has 3 heterocycles. The second-order valence-corrected chi connectivity index (χ2v) is 7.78. The first-order valence-electron chi connectivity index (χ1n) is 10.2. The smallest absolute Gasteiger partial charge is 0.325 e. The maximum atomic E-state index is 12.5. The quantitative estimate of drug-likeness (QED) is 0.693. The fourth-order valence-electron chi connectivity index (χ4n) is 3.85. The molecule has 2 aromatic rings. The van der Waals surface area contributed by atoms with Gasteiger partial charge in [0, 0.05) is 63.2 Å². The zero-order valence-electron chi connectivity index (χ0n) is 16.9. The van der Waals surface area contributed by atoms with Crippen LogP contribution in [-0.2, 0) is 17.8 Å². The zero-order chi connectivity index (χ0) is 20.6. The summed E-state index contributed by atoms with van der Waals surface area (Å²) in [6.45, 7) is 3.03. The van der Waals surface area contributed by atoms with Crippen LogP contribution in [0.4, 0.5) is 0 Å². The lowest BCUT2D eigenvalue weighted by Crippen LogP contribution is -2.37. The van der Waals surface area contributed by atoms with Gasteiger partial charge in [-0.2, -0.15) is 0 Å². The lowest BCUT2D eigenvalue weighted by Gasteiger charge is -2.32. The number of nitrogens with zero attached hydrogens (tertiary/aromatic N) is 3. The van der Waals surface area contributed by atoms with Crippen LogP contribution in [0.3, 0.4) is 0 Å². The molecule has 2 aromatic heterocycles. The molecule has 0 unspecified atom stereocenters. The SMILES string of the molecule is CN(CCc1ccccn1)C(=O)CC[C@H]1CCCN(Cc2cc(=O)[nH]c(=O)[nH]2)C1. The molecule has 1 aliphatic rings. The van der Waals surface area contributed by atoms with Gasteiger partial charge in [0.1, 0.15) is 0 Å². The second kappa shape index (κ2) is 10.2. The highest BCUT2D eigenvalue weighted by molar-refractivity contribution is 5.75. The van der Waals surface area contributed by atoms with Gasteiger partial charge < -0.3 is 9.88 Å². The van der Waals surface area contributed by atoms with Crippen LogP contribution in [0.2, 0.25) is 0 Å². The van der Waals surface area contributed by atoms with Crippen molar-refractivity contribution in [1.29, 1.82) is 0 Å². The Hall–Kier alpha value is -2.74. The summed E-state index contributed by atoms with van der Waals surface area (Å²) in [6, 6.07) is 7.26. The topological polar surface area (TPSA) is 102 Å². The molecule has 0 spiro atoms. The van der Waals surface area contributed by atoms with Crippen molar-refractivity contribution in [2.24, 2.45) is 5.92 Å². The molecular formula is C21H29N5O3. The Labute approximate surface area is 170 Å². The molecule has 1 fully saturated rings. The van der Waals surface area contributed by atoms with Crippen LogP contribution in [0, 0.1) is 5.92 Å². The standard InChI is InChI=1S/C21H29N5O3/c1-25(12-9-17-6-2-3-10-22-17)20(28)8-7-16-5-4-11-26(14-16)15-18-13-19(27)24-21(29)23-18/h2-3,6,10,13,16H,4-5,7-9,11-12,14-15H2,1H3,(H2,23,24,27,29)/t16-/m1/s1. The summed E-state index contributed by atoms with van der Waals surface area (Å²) in [7, 11) is 1.85. The van der Waals surface area contributed by atoms with E-state index in [1.54, 1.807) is 11.1 Å². The molecule has 3 rings (SSSR count). The first-order valence-corrected chi connectivity index (χ1v) is 10.2. The van der Waals surface area contributed by atoms with Crippen LogP contribution < -0.4 is 11.2 Å². The van der Waals surface area contributed by atoms with Crippen molar-refractivity contribution in [3.8, 4) is 0 Å². The number of aromatic nitrogens is 3. The molecule has 0 saturated carbocycles. The van der Waals surface area contributed by atoms with Gasteiger partial charge in [0.25, 0.3) is 5.56 Å². The first-order chi connectivity index (χ1) is 14.0. The minimum Gasteiger partial charge on any atom is -0.345 e. The largest absolute Gasteiger partial charge is 0.345 e. The van der Waals surface area contributed by atoms with Crippen LogP contribution in [-0.4, -0.2) is 57.3 Å². The number of hydrogen-bond acceptors (Lipinski definition) is 5. The molecule has 2 N–H and O–H groups in total. The Morgan fingerprint density at radius 3 is 2.93 bits per heavy atom. The summed E-state index contributed by atoms with van der Waals surface area (Å²) in [5.41, 5.74) is 0.773. The number of piperidine rings is 1. The van der Waals surface area contributed by atoms with Crippen LogP contribution >= 0.6 is 0 Å². The Kier molecular flexibility index (Phi) is 7.35. The molecule has 0 bridgehead atoms. The van der Waals surface area contributed by atoms with Crippen molar-refractivity contribution in [3.63, 3.8) is 0 Å². The van der Waals surface area contributed by atoms with Crippen molar-refractivity contribution in [3.05, 3.63) is 62.7 Å². The molecule has 8 heteroatoms. The minimum atomic E-state index is -0.472. The molecule has 156 valence electrons. The lowest BCUT2D eigenvalue weighted by molar-refractivity contribution is -0.130. The van der Waals surface area contributed by atoms with Crippen molar-refractivity contribution < 1.29 is 4.79 Å². The molecule has 0 aromatic carbocycles. The number of rotatable bonds is 8. The molecule has 0 aliphatic carbocycles. The van der Waals surface area contributed by atoms with Crippen molar-refractivity contribution >= 4 is 5.91 Å². The van der Waals surface area contributed by atoms with Crippen molar-refractivity contribution in [2.45, 2.75) is 38.6 Å². The molecule has 1 atom stereocenters. The fourth-order valence-corrected chi connectivity index (χ4v) is 3.85. The summed E-state index contributed by atoms with van der Waals surface area (Å²) >= 11 is 0. The molecule has 1 saturated heterocycles. The van der Waals surface area contributed by atoms with Crippen LogP contribution in [0.25, 0.3) is 0 Å². The third-order valence-electron chi connectivity index (χ3n) is 5.43. The highest BCUT2D eigenvalue weighted by atomic mass is 16.2. The monoisotopic (exact) mass is 399 g/mol. The van der Waals surface area contributed by atoms with Gasteiger partial charge in [0.2, 0.25) is 5.91 Å². The van der Waals surface area contributed by atoms with E-state index in [0.29, 0.717) is 31.1 Å². The average Bonchev–Trinajstić information content (AvgIpc) is 2.70. The van der Waals surface area contributed by atoms with Gasteiger partial charge in [-0.3, -0.25) is 24.5 Å². The van der Waals surface area contributed by atoms with Gasteiger partial charge >= 0.3 is 5.69 Å². The van der Waals surface area contributed by atoms with Crippen LogP contribution in [0.5, 0.6) is 0 Å². The average molecular weight is 399 g/mol. The van der Waals surface area contributed by atoms with Crippen LogP contribution in [0.15, 0.2) is 40.1 Å². The number of carbonyl (C=O) groups excluding carboxylic acids is 1. The predicted octanol–water partition coefficient (Wildman–Crippen LogP) is 1.15. The summed E-state index contributed by atoms with van der Waals surface area (Å²) in [6.07, 6.45) is 6.09. The Morgan fingerprint density at radius 1 is 1.31 bits per heavy atom. The molecule has 0 radical (unpaired) electrons. The Balaban J connectivity index is 1.43. The number of hydrogen-bond donors (Lipinski definition) is 2. The van der Waals surface area contributed by atoms with E-state index in [0.717, 1.165) is 44.5 Å². The number of carbonyl (C=O) groups is 1. The highest BCUT2D eigenvalue weighted by Crippen LogP contribution is 2.22. The molecule has 1 amide bonds. The maximum Gasteiger partial charge on any atom is 0.325 e. The maximum absolute atomic E-state index is 12.5. The van der Waals surface area contributed by atoms with Gasteiger partial charge in [0.15, 0.2) is 0 Å². The molecular weight excluding hydrogens is 370 g/mol. The number of H-pyrrole nitrogens is 2. The van der Waals surface area contributed by atoms with Gasteiger partial charge in [-0.15, -0.1) is 0 Å². The van der Waals surface area contributed by atoms with E-state index in [4.69, 9.17) is 0 Å². The highest BCUT2D eigenvalue weighted by Gasteiger charge is 2.21. The van der Waals surface area contributed by atoms with E-state index in [-0.39, 0.29) is 11.5 Å². The summed E-state index contributed by atoms with van der Waals surface area (Å²) in [5, 5.41) is 0. The Morgan fingerprint density at radius 2 is 2.17 bits per heavy atom. The molecule has 1 aliphatic heterocycles. The van der Waals surface area contributed by atoms with E-state index in [1.807, 2.05) is 25.2 Å². The molecule has 29 heavy (non-hydrogen) atoms. The van der Waals surface area contributed by atoms with Gasteiger partial charge in [-0.1, -0.05) is 6.07 Å². The molecule has 8 nitrogen and oxygen atoms in total. The number of likely N-dealkylation sites (tertiary alicyclic amines) is 1. The third kappa shape index (κ3) is 6.67. The second-order valence-electron chi connectivity index (χ2n) is 7.78. The lowest BCUT2D eigenvalue weighted by atomic mass is 9.93. The zero-order valence-corrected chi connectivity index (χ0v) is 16.9. The van der Waals surface area contributed by atoms with Gasteiger partial charge in [-0.05, 0) is 43.9 Å². The number of aromatic amines is 2. The van der Waals surface area contributed by atoms with Gasteiger partial charge in [0.05, 0.1) is 0 Å². The first kappa shape index (κ1) is 21.0. The minimum absolute atomic E-state index is 0.164. The van der Waals surface area contributed by atoms with Crippen molar-refractivity contribution in [1.82, 2.24) is 24.8 Å². The number of nitrogens with one attached hydrogen (secondary N) is 2. The van der Waals surface area contributed by atoms with E-state index in [9.17, 15) is 14.4 Å². The number of amides is 1. The van der Waals surface area contributed by atoms with E-state index < -0.39 is 5.69 Å².